The molecule has 0 spiro atoms. The lowest BCUT2D eigenvalue weighted by molar-refractivity contribution is 0.140. The maximum absolute atomic E-state index is 10.8. The Bertz CT molecular complexity index is 200. The first-order chi connectivity index (χ1) is 5.74. The molecule has 1 amide bonds. The fraction of sp³-hybridized carbons (Fsp3) is 0.625. The van der Waals surface area contributed by atoms with Crippen molar-refractivity contribution >= 4 is 6.09 Å². The SMILES string of the molecule is CC1=C[C@@H]1COC(=O)NCCO. The van der Waals surface area contributed by atoms with Gasteiger partial charge in [0.05, 0.1) is 6.61 Å². The highest BCUT2D eigenvalue weighted by Crippen LogP contribution is 2.27. The minimum Gasteiger partial charge on any atom is -0.449 e. The van der Waals surface area contributed by atoms with Crippen LogP contribution in [-0.2, 0) is 4.74 Å². The third kappa shape index (κ3) is 2.92. The lowest BCUT2D eigenvalue weighted by Gasteiger charge is -2.04. The first kappa shape index (κ1) is 9.06. The summed E-state index contributed by atoms with van der Waals surface area (Å²) in [6, 6.07) is 0. The normalized spacial score (nSPS) is 19.8. The van der Waals surface area contributed by atoms with Crippen LogP contribution in [0.2, 0.25) is 0 Å². The minimum absolute atomic E-state index is 0.0597. The standard InChI is InChI=1S/C8H13NO3/c1-6-4-7(6)5-12-8(11)9-2-3-10/h4,7,10H,2-3,5H2,1H3,(H,9,11)/t7-/m1/s1. The molecule has 0 saturated heterocycles. The van der Waals surface area contributed by atoms with E-state index in [-0.39, 0.29) is 13.2 Å². The number of rotatable bonds is 4. The maximum atomic E-state index is 10.8. The zero-order valence-corrected chi connectivity index (χ0v) is 7.04. The lowest BCUT2D eigenvalue weighted by atomic mass is 10.3. The number of carbonyl (C=O) groups excluding carboxylic acids is 1. The number of hydrogen-bond donors (Lipinski definition) is 2. The molecule has 68 valence electrons. The van der Waals surface area contributed by atoms with Crippen molar-refractivity contribution < 1.29 is 14.6 Å². The molecule has 1 aliphatic carbocycles. The molecule has 1 aliphatic rings. The van der Waals surface area contributed by atoms with Crippen molar-refractivity contribution in [3.05, 3.63) is 11.6 Å². The summed E-state index contributed by atoms with van der Waals surface area (Å²) in [5.41, 5.74) is 1.27. The average Bonchev–Trinajstić information content (AvgIpc) is 2.75. The predicted octanol–water partition coefficient (Wildman–Crippen LogP) is 0.281. The van der Waals surface area contributed by atoms with Crippen LogP contribution in [0.5, 0.6) is 0 Å². The molecule has 12 heavy (non-hydrogen) atoms. The summed E-state index contributed by atoms with van der Waals surface area (Å²) in [6.45, 7) is 2.61. The molecule has 0 aliphatic heterocycles. The monoisotopic (exact) mass is 171 g/mol. The first-order valence-electron chi connectivity index (χ1n) is 3.94. The molecule has 0 saturated carbocycles. The number of aliphatic hydroxyl groups is 1. The fourth-order valence-corrected chi connectivity index (χ4v) is 0.823. The number of hydrogen-bond acceptors (Lipinski definition) is 3. The Kier molecular flexibility index (Phi) is 3.10. The van der Waals surface area contributed by atoms with E-state index < -0.39 is 6.09 Å². The van der Waals surface area contributed by atoms with Crippen molar-refractivity contribution in [2.45, 2.75) is 6.92 Å². The van der Waals surface area contributed by atoms with Crippen molar-refractivity contribution in [2.75, 3.05) is 19.8 Å². The largest absolute Gasteiger partial charge is 0.449 e. The smallest absolute Gasteiger partial charge is 0.407 e. The summed E-state index contributed by atoms with van der Waals surface area (Å²) in [6.07, 6.45) is 1.58. The van der Waals surface area contributed by atoms with E-state index in [1.165, 1.54) is 5.57 Å². The molecule has 0 aromatic heterocycles. The third-order valence-corrected chi connectivity index (χ3v) is 1.71. The van der Waals surface area contributed by atoms with Gasteiger partial charge in [-0.3, -0.25) is 0 Å². The summed E-state index contributed by atoms with van der Waals surface area (Å²) in [7, 11) is 0. The van der Waals surface area contributed by atoms with E-state index in [2.05, 4.69) is 5.32 Å². The number of nitrogens with one attached hydrogen (secondary N) is 1. The van der Waals surface area contributed by atoms with Crippen LogP contribution in [0, 0.1) is 5.92 Å². The van der Waals surface area contributed by atoms with Gasteiger partial charge in [0.15, 0.2) is 0 Å². The zero-order valence-electron chi connectivity index (χ0n) is 7.04. The molecule has 0 unspecified atom stereocenters. The first-order valence-corrected chi connectivity index (χ1v) is 3.94. The van der Waals surface area contributed by atoms with Gasteiger partial charge in [-0.25, -0.2) is 4.79 Å². The van der Waals surface area contributed by atoms with Gasteiger partial charge < -0.3 is 15.2 Å². The molecule has 0 aromatic carbocycles. The van der Waals surface area contributed by atoms with Gasteiger partial charge in [0.2, 0.25) is 0 Å². The van der Waals surface area contributed by atoms with Gasteiger partial charge in [-0.15, -0.1) is 0 Å². The molecule has 0 heterocycles. The summed E-state index contributed by atoms with van der Waals surface area (Å²) >= 11 is 0. The van der Waals surface area contributed by atoms with Crippen molar-refractivity contribution in [2.24, 2.45) is 5.92 Å². The van der Waals surface area contributed by atoms with Gasteiger partial charge in [-0.2, -0.15) is 0 Å². The number of ether oxygens (including phenoxy) is 1. The summed E-state index contributed by atoms with van der Waals surface area (Å²) in [5.74, 6) is 0.352. The van der Waals surface area contributed by atoms with E-state index in [0.29, 0.717) is 12.5 Å². The van der Waals surface area contributed by atoms with Crippen LogP contribution in [-0.4, -0.2) is 31.0 Å². The molecule has 0 fully saturated rings. The van der Waals surface area contributed by atoms with Gasteiger partial charge in [0, 0.05) is 12.5 Å². The fourth-order valence-electron chi connectivity index (χ4n) is 0.823. The molecule has 0 radical (unpaired) electrons. The topological polar surface area (TPSA) is 58.6 Å². The van der Waals surface area contributed by atoms with Crippen LogP contribution in [0.15, 0.2) is 11.6 Å². The van der Waals surface area contributed by atoms with Gasteiger partial charge in [0.1, 0.15) is 6.61 Å². The number of aliphatic hydroxyl groups excluding tert-OH is 1. The predicted molar refractivity (Wildman–Crippen MR) is 43.7 cm³/mol. The van der Waals surface area contributed by atoms with E-state index in [9.17, 15) is 4.79 Å². The van der Waals surface area contributed by atoms with Crippen LogP contribution >= 0.6 is 0 Å². The Labute approximate surface area is 71.2 Å². The molecule has 4 heteroatoms. The van der Waals surface area contributed by atoms with Crippen molar-refractivity contribution in [1.29, 1.82) is 0 Å². The van der Waals surface area contributed by atoms with E-state index in [0.717, 1.165) is 0 Å². The van der Waals surface area contributed by atoms with Crippen molar-refractivity contribution in [3.63, 3.8) is 0 Å². The Morgan fingerprint density at radius 2 is 2.50 bits per heavy atom. The quantitative estimate of drug-likeness (QED) is 0.597. The average molecular weight is 171 g/mol. The van der Waals surface area contributed by atoms with Crippen molar-refractivity contribution in [3.8, 4) is 0 Å². The Morgan fingerprint density at radius 1 is 1.83 bits per heavy atom. The van der Waals surface area contributed by atoms with Gasteiger partial charge >= 0.3 is 6.09 Å². The molecule has 4 nitrogen and oxygen atoms in total. The summed E-state index contributed by atoms with van der Waals surface area (Å²) < 4.78 is 4.83. The van der Waals surface area contributed by atoms with Crippen LogP contribution < -0.4 is 5.32 Å². The van der Waals surface area contributed by atoms with E-state index >= 15 is 0 Å². The second-order valence-electron chi connectivity index (χ2n) is 2.77. The Morgan fingerprint density at radius 3 is 3.00 bits per heavy atom. The van der Waals surface area contributed by atoms with E-state index in [1.807, 2.05) is 13.0 Å². The third-order valence-electron chi connectivity index (χ3n) is 1.71. The van der Waals surface area contributed by atoms with Gasteiger partial charge in [-0.05, 0) is 6.92 Å². The molecular weight excluding hydrogens is 158 g/mol. The minimum atomic E-state index is -0.461. The van der Waals surface area contributed by atoms with Gasteiger partial charge in [-0.1, -0.05) is 11.6 Å². The van der Waals surface area contributed by atoms with E-state index in [4.69, 9.17) is 9.84 Å². The molecular formula is C8H13NO3. The van der Waals surface area contributed by atoms with Crippen LogP contribution in [0.1, 0.15) is 6.92 Å². The number of alkyl carbamates (subject to hydrolysis) is 1. The van der Waals surface area contributed by atoms with Gasteiger partial charge in [0.25, 0.3) is 0 Å². The second-order valence-corrected chi connectivity index (χ2v) is 2.77. The van der Waals surface area contributed by atoms with Crippen LogP contribution in [0.25, 0.3) is 0 Å². The van der Waals surface area contributed by atoms with Crippen molar-refractivity contribution in [1.82, 2.24) is 5.32 Å². The summed E-state index contributed by atoms with van der Waals surface area (Å²) in [4.78, 5) is 10.8. The molecule has 2 N–H and O–H groups in total. The number of amides is 1. The molecule has 0 aromatic rings. The molecule has 0 bridgehead atoms. The molecule has 1 rings (SSSR count). The lowest BCUT2D eigenvalue weighted by Crippen LogP contribution is -2.27. The van der Waals surface area contributed by atoms with E-state index in [1.54, 1.807) is 0 Å². The molecule has 1 atom stereocenters. The Balaban J connectivity index is 1.96. The van der Waals surface area contributed by atoms with Crippen LogP contribution in [0.4, 0.5) is 4.79 Å². The zero-order chi connectivity index (χ0) is 8.97. The highest BCUT2D eigenvalue weighted by atomic mass is 16.5. The highest BCUT2D eigenvalue weighted by Gasteiger charge is 2.21. The maximum Gasteiger partial charge on any atom is 0.407 e. The van der Waals surface area contributed by atoms with Crippen LogP contribution in [0.3, 0.4) is 0 Å². The Hall–Kier alpha value is -1.03. The number of carbonyl (C=O) groups is 1. The second kappa shape index (κ2) is 4.11. The summed E-state index contributed by atoms with van der Waals surface area (Å²) in [5, 5.41) is 10.8. The highest BCUT2D eigenvalue weighted by molar-refractivity contribution is 5.67.